The molecule has 2 aliphatic rings. The zero-order valence-electron chi connectivity index (χ0n) is 23.7. The molecule has 15 heteroatoms. The van der Waals surface area contributed by atoms with Gasteiger partial charge in [-0.25, -0.2) is 36.5 Å². The molecule has 1 N–H and O–H groups in total. The van der Waals surface area contributed by atoms with Crippen LogP contribution in [-0.4, -0.2) is 65.8 Å². The van der Waals surface area contributed by atoms with E-state index in [0.29, 0.717) is 11.3 Å². The molecule has 1 unspecified atom stereocenters. The SMILES string of the molecule is Cc1nonc1C(=O)N[C@H](c1cn2ncc(C3CC(F)(F)CCN3C(=O)OC(C)(C)C)cc2n1)C1CCC(F)(F)CC1. The summed E-state index contributed by atoms with van der Waals surface area (Å²) >= 11 is 0. The number of piperidine rings is 1. The Morgan fingerprint density at radius 3 is 2.48 bits per heavy atom. The van der Waals surface area contributed by atoms with Gasteiger partial charge in [0.25, 0.3) is 11.8 Å². The highest BCUT2D eigenvalue weighted by atomic mass is 19.3. The fourth-order valence-electron chi connectivity index (χ4n) is 5.49. The van der Waals surface area contributed by atoms with Crippen molar-refractivity contribution in [3.8, 4) is 0 Å². The maximum Gasteiger partial charge on any atom is 0.410 e. The van der Waals surface area contributed by atoms with E-state index < -0.39 is 54.4 Å². The number of nitrogens with zero attached hydrogens (tertiary/aromatic N) is 6. The van der Waals surface area contributed by atoms with Crippen LogP contribution in [0.4, 0.5) is 22.4 Å². The lowest BCUT2D eigenvalue weighted by molar-refractivity contribution is -0.0809. The number of amides is 2. The second-order valence-electron chi connectivity index (χ2n) is 12.1. The number of nitrogens with one attached hydrogen (secondary N) is 1. The molecule has 1 saturated carbocycles. The molecule has 0 radical (unpaired) electrons. The molecule has 4 heterocycles. The highest BCUT2D eigenvalue weighted by Gasteiger charge is 2.44. The van der Waals surface area contributed by atoms with Gasteiger partial charge in [0.15, 0.2) is 11.3 Å². The fourth-order valence-corrected chi connectivity index (χ4v) is 5.49. The van der Waals surface area contributed by atoms with Crippen LogP contribution in [0.15, 0.2) is 23.1 Å². The number of hydrogen-bond acceptors (Lipinski definition) is 8. The van der Waals surface area contributed by atoms with Crippen LogP contribution in [0, 0.1) is 12.8 Å². The number of aryl methyl sites for hydroxylation is 1. The van der Waals surface area contributed by atoms with E-state index >= 15 is 0 Å². The van der Waals surface area contributed by atoms with Crippen LogP contribution < -0.4 is 5.32 Å². The average molecular weight is 596 g/mol. The van der Waals surface area contributed by atoms with Crippen molar-refractivity contribution >= 4 is 17.6 Å². The molecule has 3 aromatic rings. The maximum absolute atomic E-state index is 14.5. The van der Waals surface area contributed by atoms with Crippen LogP contribution in [-0.2, 0) is 4.74 Å². The Morgan fingerprint density at radius 1 is 1.12 bits per heavy atom. The number of aromatic nitrogens is 5. The Hall–Kier alpha value is -3.78. The molecule has 11 nitrogen and oxygen atoms in total. The molecular weight excluding hydrogens is 562 g/mol. The van der Waals surface area contributed by atoms with E-state index in [9.17, 15) is 27.2 Å². The van der Waals surface area contributed by atoms with Gasteiger partial charge < -0.3 is 15.0 Å². The first-order valence-corrected chi connectivity index (χ1v) is 13.8. The molecule has 42 heavy (non-hydrogen) atoms. The average Bonchev–Trinajstić information content (AvgIpc) is 3.51. The lowest BCUT2D eigenvalue weighted by atomic mass is 9.81. The number of rotatable bonds is 5. The Balaban J connectivity index is 1.46. The number of carbonyl (C=O) groups excluding carboxylic acids is 2. The predicted octanol–water partition coefficient (Wildman–Crippen LogP) is 5.42. The van der Waals surface area contributed by atoms with Crippen molar-refractivity contribution in [3.05, 3.63) is 41.1 Å². The van der Waals surface area contributed by atoms with Gasteiger partial charge in [-0.2, -0.15) is 5.10 Å². The summed E-state index contributed by atoms with van der Waals surface area (Å²) < 4.78 is 68.5. The second-order valence-corrected chi connectivity index (χ2v) is 12.1. The first-order valence-electron chi connectivity index (χ1n) is 13.8. The van der Waals surface area contributed by atoms with E-state index in [2.05, 4.69) is 30.3 Å². The van der Waals surface area contributed by atoms with Crippen molar-refractivity contribution in [2.24, 2.45) is 5.92 Å². The van der Waals surface area contributed by atoms with Gasteiger partial charge in [-0.15, -0.1) is 0 Å². The predicted molar refractivity (Wildman–Crippen MR) is 139 cm³/mol. The summed E-state index contributed by atoms with van der Waals surface area (Å²) in [5, 5.41) is 14.4. The Bertz CT molecular complexity index is 1460. The zero-order chi connectivity index (χ0) is 30.4. The summed E-state index contributed by atoms with van der Waals surface area (Å²) in [6, 6.07) is -0.230. The van der Waals surface area contributed by atoms with Crippen molar-refractivity contribution in [1.29, 1.82) is 0 Å². The maximum atomic E-state index is 14.5. The van der Waals surface area contributed by atoms with Crippen molar-refractivity contribution in [3.63, 3.8) is 0 Å². The number of imidazole rings is 1. The summed E-state index contributed by atoms with van der Waals surface area (Å²) in [7, 11) is 0. The van der Waals surface area contributed by atoms with Crippen molar-refractivity contribution in [2.75, 3.05) is 6.54 Å². The molecule has 0 spiro atoms. The molecule has 2 atom stereocenters. The summed E-state index contributed by atoms with van der Waals surface area (Å²) in [5.74, 6) is -6.74. The standard InChI is InChI=1S/C27H33F4N7O4/c1-15-21(36-42-35-15)23(39)34-22(16-5-7-26(28,29)8-6-16)18-14-38-20(33-18)11-17(13-32-38)19-12-27(30,31)9-10-37(19)24(40)41-25(2,3)4/h11,13-14,16,19,22H,5-10,12H2,1-4H3,(H,34,39)/t19?,22-/m0/s1. The van der Waals surface area contributed by atoms with Crippen LogP contribution >= 0.6 is 0 Å². The first kappa shape index (κ1) is 29.7. The number of halogens is 4. The van der Waals surface area contributed by atoms with Gasteiger partial charge in [0.1, 0.15) is 11.3 Å². The Labute approximate surface area is 238 Å². The number of hydrogen-bond donors (Lipinski definition) is 1. The zero-order valence-corrected chi connectivity index (χ0v) is 23.7. The van der Waals surface area contributed by atoms with Gasteiger partial charge in [0.2, 0.25) is 5.92 Å². The van der Waals surface area contributed by atoms with Crippen LogP contribution in [0.2, 0.25) is 0 Å². The summed E-state index contributed by atoms with van der Waals surface area (Å²) in [6.45, 7) is 6.44. The summed E-state index contributed by atoms with van der Waals surface area (Å²) in [6.07, 6.45) is 0.757. The van der Waals surface area contributed by atoms with Crippen molar-refractivity contribution < 1.29 is 36.5 Å². The molecule has 0 aromatic carbocycles. The monoisotopic (exact) mass is 595 g/mol. The largest absolute Gasteiger partial charge is 0.444 e. The van der Waals surface area contributed by atoms with E-state index in [4.69, 9.17) is 4.74 Å². The fraction of sp³-hybridized carbons (Fsp3) is 0.630. The van der Waals surface area contributed by atoms with Gasteiger partial charge in [0.05, 0.1) is 30.2 Å². The molecule has 0 bridgehead atoms. The lowest BCUT2D eigenvalue weighted by Gasteiger charge is -2.39. The van der Waals surface area contributed by atoms with Gasteiger partial charge in [-0.05, 0) is 63.2 Å². The summed E-state index contributed by atoms with van der Waals surface area (Å²) in [5.41, 5.74) is 0.389. The highest BCUT2D eigenvalue weighted by molar-refractivity contribution is 5.93. The van der Waals surface area contributed by atoms with Crippen molar-refractivity contribution in [2.45, 2.75) is 95.7 Å². The number of carbonyl (C=O) groups is 2. The van der Waals surface area contributed by atoms with Crippen LogP contribution in [0.5, 0.6) is 0 Å². The number of fused-ring (bicyclic) bond motifs is 1. The third-order valence-electron chi connectivity index (χ3n) is 7.67. The summed E-state index contributed by atoms with van der Waals surface area (Å²) in [4.78, 5) is 31.8. The van der Waals surface area contributed by atoms with Gasteiger partial charge >= 0.3 is 6.09 Å². The third kappa shape index (κ3) is 6.49. The highest BCUT2D eigenvalue weighted by Crippen LogP contribution is 2.42. The molecule has 3 aromatic heterocycles. The van der Waals surface area contributed by atoms with Crippen LogP contribution in [0.25, 0.3) is 5.65 Å². The molecule has 228 valence electrons. The van der Waals surface area contributed by atoms with E-state index in [1.807, 2.05) is 0 Å². The third-order valence-corrected chi connectivity index (χ3v) is 7.67. The van der Waals surface area contributed by atoms with Gasteiger partial charge in [-0.1, -0.05) is 5.16 Å². The van der Waals surface area contributed by atoms with Gasteiger partial charge in [0, 0.05) is 32.2 Å². The first-order chi connectivity index (χ1) is 19.6. The smallest absolute Gasteiger partial charge is 0.410 e. The van der Waals surface area contributed by atoms with Crippen LogP contribution in [0.3, 0.4) is 0 Å². The van der Waals surface area contributed by atoms with Gasteiger partial charge in [-0.3, -0.25) is 4.79 Å². The molecule has 2 fully saturated rings. The van der Waals surface area contributed by atoms with E-state index in [-0.39, 0.29) is 55.2 Å². The Kier molecular flexibility index (Phi) is 7.64. The normalized spacial score (nSPS) is 21.7. The lowest BCUT2D eigenvalue weighted by Crippen LogP contribution is -2.46. The molecule has 2 amide bonds. The molecule has 1 aliphatic heterocycles. The molecule has 1 saturated heterocycles. The number of likely N-dealkylation sites (tertiary alicyclic amines) is 1. The molecule has 1 aliphatic carbocycles. The van der Waals surface area contributed by atoms with Crippen LogP contribution in [0.1, 0.15) is 98.8 Å². The van der Waals surface area contributed by atoms with Crippen molar-refractivity contribution in [1.82, 2.24) is 35.1 Å². The van der Waals surface area contributed by atoms with E-state index in [0.717, 1.165) is 0 Å². The second kappa shape index (κ2) is 10.8. The minimum atomic E-state index is -3.00. The molecule has 5 rings (SSSR count). The minimum Gasteiger partial charge on any atom is -0.444 e. The quantitative estimate of drug-likeness (QED) is 0.387. The van der Waals surface area contributed by atoms with E-state index in [1.165, 1.54) is 15.6 Å². The molecular formula is C27H33F4N7O4. The van der Waals surface area contributed by atoms with E-state index in [1.54, 1.807) is 40.0 Å². The number of alkyl halides is 4. The topological polar surface area (TPSA) is 128 Å². The minimum absolute atomic E-state index is 0.0363. The number of ether oxygens (including phenoxy) is 1. The Morgan fingerprint density at radius 2 is 1.83 bits per heavy atom.